The number of hydrogen-bond donors (Lipinski definition) is 0. The number of morpholine rings is 1. The molecule has 7 nitrogen and oxygen atoms in total. The van der Waals surface area contributed by atoms with E-state index >= 15 is 0 Å². The highest BCUT2D eigenvalue weighted by atomic mass is 32.2. The average Bonchev–Trinajstić information content (AvgIpc) is 3.12. The Balaban J connectivity index is 1.62. The van der Waals surface area contributed by atoms with E-state index < -0.39 is 9.84 Å². The molecule has 30 heavy (non-hydrogen) atoms. The van der Waals surface area contributed by atoms with Gasteiger partial charge in [0.15, 0.2) is 15.5 Å². The molecule has 0 unspecified atom stereocenters. The smallest absolute Gasteiger partial charge is 0.274 e. The number of ether oxygens (including phenoxy) is 1. The molecule has 0 bridgehead atoms. The molecule has 2 aromatic rings. The predicted octanol–water partition coefficient (Wildman–Crippen LogP) is 2.89. The van der Waals surface area contributed by atoms with Crippen molar-refractivity contribution in [1.29, 1.82) is 0 Å². The summed E-state index contributed by atoms with van der Waals surface area (Å²) >= 11 is 0. The van der Waals surface area contributed by atoms with Crippen molar-refractivity contribution in [2.45, 2.75) is 49.3 Å². The summed E-state index contributed by atoms with van der Waals surface area (Å²) in [5.74, 6) is 0.154. The number of benzene rings is 1. The Morgan fingerprint density at radius 2 is 1.83 bits per heavy atom. The lowest BCUT2D eigenvalue weighted by molar-refractivity contribution is 0.0297. The van der Waals surface area contributed by atoms with E-state index in [4.69, 9.17) is 9.84 Å². The number of aromatic nitrogens is 2. The van der Waals surface area contributed by atoms with Crippen LogP contribution in [0, 0.1) is 5.92 Å². The molecule has 0 atom stereocenters. The summed E-state index contributed by atoms with van der Waals surface area (Å²) in [5.41, 5.74) is 2.33. The molecule has 8 heteroatoms. The number of hydrogen-bond acceptors (Lipinski definition) is 5. The van der Waals surface area contributed by atoms with E-state index in [-0.39, 0.29) is 11.7 Å². The van der Waals surface area contributed by atoms with E-state index in [0.717, 1.165) is 25.1 Å². The number of fused-ring (bicyclic) bond motifs is 3. The quantitative estimate of drug-likeness (QED) is 0.749. The minimum Gasteiger partial charge on any atom is -0.378 e. The average molecular weight is 430 g/mol. The highest BCUT2D eigenvalue weighted by molar-refractivity contribution is 7.90. The molecule has 1 amide bonds. The zero-order valence-corrected chi connectivity index (χ0v) is 17.9. The lowest BCUT2D eigenvalue weighted by atomic mass is 9.89. The van der Waals surface area contributed by atoms with Crippen LogP contribution in [0.15, 0.2) is 29.2 Å². The lowest BCUT2D eigenvalue weighted by Gasteiger charge is -2.26. The van der Waals surface area contributed by atoms with Crippen LogP contribution in [0.4, 0.5) is 0 Å². The van der Waals surface area contributed by atoms with Gasteiger partial charge in [0.05, 0.1) is 29.6 Å². The molecule has 1 saturated carbocycles. The first-order valence-electron chi connectivity index (χ1n) is 10.8. The van der Waals surface area contributed by atoms with Gasteiger partial charge in [-0.3, -0.25) is 9.48 Å². The summed E-state index contributed by atoms with van der Waals surface area (Å²) in [4.78, 5) is 15.4. The Hall–Kier alpha value is -2.19. The van der Waals surface area contributed by atoms with Gasteiger partial charge in [0.1, 0.15) is 0 Å². The van der Waals surface area contributed by atoms with E-state index in [1.54, 1.807) is 17.0 Å². The van der Waals surface area contributed by atoms with Crippen molar-refractivity contribution in [3.8, 4) is 11.3 Å². The lowest BCUT2D eigenvalue weighted by Crippen LogP contribution is -2.41. The van der Waals surface area contributed by atoms with Crippen LogP contribution in [-0.4, -0.2) is 55.3 Å². The van der Waals surface area contributed by atoms with Crippen molar-refractivity contribution in [2.24, 2.45) is 5.92 Å². The Morgan fingerprint density at radius 1 is 1.10 bits per heavy atom. The molecule has 0 radical (unpaired) electrons. The summed E-state index contributed by atoms with van der Waals surface area (Å²) in [6.07, 6.45) is 6.02. The molecule has 2 aliphatic heterocycles. The van der Waals surface area contributed by atoms with E-state index in [0.29, 0.717) is 53.9 Å². The van der Waals surface area contributed by atoms with Gasteiger partial charge in [-0.1, -0.05) is 37.5 Å². The number of carbonyl (C=O) groups is 1. The molecule has 5 rings (SSSR count). The molecule has 1 saturated heterocycles. The third-order valence-electron chi connectivity index (χ3n) is 6.52. The first kappa shape index (κ1) is 19.8. The molecular formula is C22H27N3O4S. The molecule has 0 spiro atoms. The topological polar surface area (TPSA) is 81.5 Å². The van der Waals surface area contributed by atoms with E-state index in [1.807, 2.05) is 16.8 Å². The zero-order valence-electron chi connectivity index (χ0n) is 17.0. The maximum atomic E-state index is 13.3. The second-order valence-electron chi connectivity index (χ2n) is 8.52. The third kappa shape index (κ3) is 3.46. The van der Waals surface area contributed by atoms with Crippen LogP contribution in [0.2, 0.25) is 0 Å². The molecule has 3 heterocycles. The van der Waals surface area contributed by atoms with Crippen LogP contribution in [-0.2, 0) is 26.9 Å². The second-order valence-corrected chi connectivity index (χ2v) is 10.5. The van der Waals surface area contributed by atoms with E-state index in [9.17, 15) is 13.2 Å². The van der Waals surface area contributed by atoms with Gasteiger partial charge in [-0.15, -0.1) is 0 Å². The molecule has 2 fully saturated rings. The third-order valence-corrected chi connectivity index (χ3v) is 8.21. The van der Waals surface area contributed by atoms with Gasteiger partial charge in [0.25, 0.3) is 5.91 Å². The Bertz CT molecular complexity index is 1060. The largest absolute Gasteiger partial charge is 0.378 e. The highest BCUT2D eigenvalue weighted by Crippen LogP contribution is 2.40. The monoisotopic (exact) mass is 429 g/mol. The normalized spacial score (nSPS) is 21.1. The van der Waals surface area contributed by atoms with E-state index in [1.165, 1.54) is 19.3 Å². The molecule has 1 aromatic heterocycles. The summed E-state index contributed by atoms with van der Waals surface area (Å²) in [5, 5.41) is 4.75. The summed E-state index contributed by atoms with van der Waals surface area (Å²) in [7, 11) is -3.51. The molecule has 1 aromatic carbocycles. The van der Waals surface area contributed by atoms with Crippen LogP contribution in [0.3, 0.4) is 0 Å². The van der Waals surface area contributed by atoms with Crippen LogP contribution >= 0.6 is 0 Å². The van der Waals surface area contributed by atoms with Gasteiger partial charge in [-0.25, -0.2) is 8.42 Å². The van der Waals surface area contributed by atoms with E-state index in [2.05, 4.69) is 0 Å². The predicted molar refractivity (Wildman–Crippen MR) is 112 cm³/mol. The number of carbonyl (C=O) groups excluding carboxylic acids is 1. The molecule has 3 aliphatic rings. The van der Waals surface area contributed by atoms with Crippen molar-refractivity contribution in [3.63, 3.8) is 0 Å². The van der Waals surface area contributed by atoms with Gasteiger partial charge in [-0.2, -0.15) is 5.10 Å². The van der Waals surface area contributed by atoms with Crippen LogP contribution in [0.25, 0.3) is 11.3 Å². The Labute approximate surface area is 176 Å². The summed E-state index contributed by atoms with van der Waals surface area (Å²) < 4.78 is 33.3. The zero-order chi connectivity index (χ0) is 20.7. The number of rotatable bonds is 3. The maximum Gasteiger partial charge on any atom is 0.274 e. The highest BCUT2D eigenvalue weighted by Gasteiger charge is 2.37. The van der Waals surface area contributed by atoms with Crippen molar-refractivity contribution in [1.82, 2.24) is 14.7 Å². The van der Waals surface area contributed by atoms with Gasteiger partial charge < -0.3 is 9.64 Å². The van der Waals surface area contributed by atoms with Crippen molar-refractivity contribution >= 4 is 15.7 Å². The maximum absolute atomic E-state index is 13.3. The fourth-order valence-electron chi connectivity index (χ4n) is 4.97. The fourth-order valence-corrected chi connectivity index (χ4v) is 6.57. The summed E-state index contributed by atoms with van der Waals surface area (Å²) in [6.45, 7) is 2.74. The van der Waals surface area contributed by atoms with Crippen molar-refractivity contribution < 1.29 is 17.9 Å². The molecule has 0 N–H and O–H groups in total. The SMILES string of the molecule is O=C(c1nn(CC2CCCCC2)c2c1CS(=O)(=O)c1ccccc1-2)N1CCOCC1. The number of nitrogens with zero attached hydrogens (tertiary/aromatic N) is 3. The molecule has 160 valence electrons. The number of amides is 1. The first-order chi connectivity index (χ1) is 14.5. The minimum atomic E-state index is -3.51. The standard InChI is InChI=1S/C22H27N3O4S/c26-22(24-10-12-29-13-11-24)20-18-15-30(27,28)19-9-5-4-8-17(19)21(18)25(23-20)14-16-6-2-1-3-7-16/h4-5,8-9,16H,1-3,6-7,10-15H2. The Kier molecular flexibility index (Phi) is 5.14. The molecular weight excluding hydrogens is 402 g/mol. The first-order valence-corrected chi connectivity index (χ1v) is 12.5. The van der Waals surface area contributed by atoms with Gasteiger partial charge >= 0.3 is 0 Å². The Morgan fingerprint density at radius 3 is 2.60 bits per heavy atom. The van der Waals surface area contributed by atoms with Gasteiger partial charge in [-0.05, 0) is 24.8 Å². The van der Waals surface area contributed by atoms with Crippen molar-refractivity contribution in [3.05, 3.63) is 35.5 Å². The number of sulfone groups is 1. The second kappa shape index (κ2) is 7.81. The van der Waals surface area contributed by atoms with Gasteiger partial charge in [0.2, 0.25) is 0 Å². The fraction of sp³-hybridized carbons (Fsp3) is 0.545. The molecule has 1 aliphatic carbocycles. The summed E-state index contributed by atoms with van der Waals surface area (Å²) in [6, 6.07) is 7.11. The van der Waals surface area contributed by atoms with Crippen LogP contribution < -0.4 is 0 Å². The minimum absolute atomic E-state index is 0.171. The van der Waals surface area contributed by atoms with Crippen LogP contribution in [0.5, 0.6) is 0 Å². The van der Waals surface area contributed by atoms with Crippen LogP contribution in [0.1, 0.15) is 48.2 Å². The van der Waals surface area contributed by atoms with Crippen molar-refractivity contribution in [2.75, 3.05) is 26.3 Å². The van der Waals surface area contributed by atoms with Gasteiger partial charge in [0, 0.05) is 30.8 Å².